The summed E-state index contributed by atoms with van der Waals surface area (Å²) in [7, 11) is 0. The van der Waals surface area contributed by atoms with Gasteiger partial charge in [0, 0.05) is 25.5 Å². The molecule has 1 aromatic heterocycles. The average molecular weight is 363 g/mol. The molecular weight excluding hydrogens is 342 g/mol. The Morgan fingerprint density at radius 3 is 2.61 bits per heavy atom. The van der Waals surface area contributed by atoms with Crippen molar-refractivity contribution in [3.63, 3.8) is 0 Å². The van der Waals surface area contributed by atoms with Crippen LogP contribution in [0.5, 0.6) is 0 Å². The second-order valence-corrected chi connectivity index (χ2v) is 4.57. The van der Waals surface area contributed by atoms with E-state index in [9.17, 15) is 4.39 Å². The lowest BCUT2D eigenvalue weighted by atomic mass is 10.1. The highest BCUT2D eigenvalue weighted by atomic mass is 35.5. The zero-order valence-corrected chi connectivity index (χ0v) is 14.2. The summed E-state index contributed by atoms with van der Waals surface area (Å²) in [5.41, 5.74) is 7.04. The second-order valence-electron chi connectivity index (χ2n) is 4.57. The molecule has 1 aromatic carbocycles. The van der Waals surface area contributed by atoms with Crippen molar-refractivity contribution in [1.82, 2.24) is 9.55 Å². The van der Waals surface area contributed by atoms with E-state index in [1.54, 1.807) is 24.7 Å². The fourth-order valence-corrected chi connectivity index (χ4v) is 1.91. The first-order valence-corrected chi connectivity index (χ1v) is 6.90. The first-order valence-electron chi connectivity index (χ1n) is 6.90. The maximum absolute atomic E-state index is 13.0. The van der Waals surface area contributed by atoms with E-state index in [-0.39, 0.29) is 30.6 Å². The van der Waals surface area contributed by atoms with Crippen LogP contribution in [0.25, 0.3) is 0 Å². The van der Waals surface area contributed by atoms with Crippen LogP contribution in [0.1, 0.15) is 18.4 Å². The molecule has 1 heterocycles. The molecule has 0 fully saturated rings. The van der Waals surface area contributed by atoms with E-state index < -0.39 is 0 Å². The first kappa shape index (κ1) is 21.4. The van der Waals surface area contributed by atoms with Crippen molar-refractivity contribution in [3.8, 4) is 0 Å². The van der Waals surface area contributed by atoms with Gasteiger partial charge in [-0.2, -0.15) is 0 Å². The summed E-state index contributed by atoms with van der Waals surface area (Å²) >= 11 is 0. The largest absolute Gasteiger partial charge is 0.394 e. The molecule has 0 spiro atoms. The van der Waals surface area contributed by atoms with Gasteiger partial charge in [-0.15, -0.1) is 24.8 Å². The van der Waals surface area contributed by atoms with Crippen molar-refractivity contribution in [2.45, 2.75) is 19.4 Å². The molecule has 0 bridgehead atoms. The Hall–Kier alpha value is -1.63. The van der Waals surface area contributed by atoms with Crippen molar-refractivity contribution in [2.24, 2.45) is 10.9 Å². The zero-order valence-electron chi connectivity index (χ0n) is 12.6. The van der Waals surface area contributed by atoms with Gasteiger partial charge in [0.15, 0.2) is 0 Å². The molecule has 5 nitrogen and oxygen atoms in total. The third-order valence-corrected chi connectivity index (χ3v) is 2.95. The number of rotatable bonds is 8. The van der Waals surface area contributed by atoms with E-state index in [0.29, 0.717) is 13.2 Å². The minimum Gasteiger partial charge on any atom is -0.394 e. The van der Waals surface area contributed by atoms with Gasteiger partial charge in [-0.25, -0.2) is 9.37 Å². The molecule has 8 heteroatoms. The zero-order chi connectivity index (χ0) is 14.9. The predicted octanol–water partition coefficient (Wildman–Crippen LogP) is 3.03. The Balaban J connectivity index is 0.00000242. The van der Waals surface area contributed by atoms with Gasteiger partial charge in [-0.3, -0.25) is 0 Å². The van der Waals surface area contributed by atoms with E-state index in [0.717, 1.165) is 30.7 Å². The van der Waals surface area contributed by atoms with Crippen molar-refractivity contribution in [2.75, 3.05) is 13.2 Å². The quantitative estimate of drug-likeness (QED) is 0.445. The average Bonchev–Trinajstić information content (AvgIpc) is 3.00. The number of imidazole rings is 1. The smallest absolute Gasteiger partial charge is 0.129 e. The Kier molecular flexibility index (Phi) is 11.0. The molecule has 2 aromatic rings. The van der Waals surface area contributed by atoms with Crippen LogP contribution in [-0.2, 0) is 11.4 Å². The summed E-state index contributed by atoms with van der Waals surface area (Å²) < 4.78 is 15.0. The van der Waals surface area contributed by atoms with E-state index >= 15 is 0 Å². The van der Waals surface area contributed by atoms with Gasteiger partial charge in [0.25, 0.3) is 0 Å². The first-order chi connectivity index (χ1) is 10.3. The van der Waals surface area contributed by atoms with Crippen LogP contribution < -0.4 is 5.73 Å². The standard InChI is InChI=1S/C15H19FN4O.2ClH/c16-14-5-3-13(4-6-14)15(19-21-11-7-17)2-1-9-20-10-8-18-12-20;;/h3-6,8,10,12H,1-2,7,9,11,17H2;2*1H/b19-15+;;. The van der Waals surface area contributed by atoms with Gasteiger partial charge >= 0.3 is 0 Å². The molecule has 2 N–H and O–H groups in total. The normalized spacial score (nSPS) is 10.6. The van der Waals surface area contributed by atoms with Crippen LogP contribution in [0.4, 0.5) is 4.39 Å². The molecule has 128 valence electrons. The third kappa shape index (κ3) is 7.45. The maximum Gasteiger partial charge on any atom is 0.129 e. The molecule has 0 atom stereocenters. The Bertz CT molecular complexity index is 561. The van der Waals surface area contributed by atoms with Crippen LogP contribution in [-0.4, -0.2) is 28.4 Å². The van der Waals surface area contributed by atoms with Gasteiger partial charge in [0.1, 0.15) is 12.4 Å². The molecule has 0 amide bonds. The number of benzene rings is 1. The summed E-state index contributed by atoms with van der Waals surface area (Å²) in [4.78, 5) is 9.17. The molecule has 23 heavy (non-hydrogen) atoms. The maximum atomic E-state index is 13.0. The van der Waals surface area contributed by atoms with Crippen molar-refractivity contribution < 1.29 is 9.23 Å². The number of nitrogens with zero attached hydrogens (tertiary/aromatic N) is 3. The number of aromatic nitrogens is 2. The summed E-state index contributed by atoms with van der Waals surface area (Å²) in [6.07, 6.45) is 7.06. The van der Waals surface area contributed by atoms with Crippen LogP contribution in [0, 0.1) is 5.82 Å². The van der Waals surface area contributed by atoms with E-state index in [2.05, 4.69) is 10.1 Å². The van der Waals surface area contributed by atoms with Gasteiger partial charge in [0.2, 0.25) is 0 Å². The van der Waals surface area contributed by atoms with Crippen molar-refractivity contribution >= 4 is 30.5 Å². The second kappa shape index (κ2) is 11.9. The number of hydrogen-bond acceptors (Lipinski definition) is 4. The summed E-state index contributed by atoms with van der Waals surface area (Å²) in [6.45, 7) is 1.62. The van der Waals surface area contributed by atoms with Crippen LogP contribution >= 0.6 is 24.8 Å². The minimum absolute atomic E-state index is 0. The van der Waals surface area contributed by atoms with Crippen molar-refractivity contribution in [1.29, 1.82) is 0 Å². The van der Waals surface area contributed by atoms with Crippen LogP contribution in [0.15, 0.2) is 48.1 Å². The molecule has 2 rings (SSSR count). The summed E-state index contributed by atoms with van der Waals surface area (Å²) in [6, 6.07) is 6.25. The number of halogens is 3. The Morgan fingerprint density at radius 2 is 2.00 bits per heavy atom. The Labute approximate surface area is 147 Å². The highest BCUT2D eigenvalue weighted by molar-refractivity contribution is 6.00. The van der Waals surface area contributed by atoms with Crippen LogP contribution in [0.2, 0.25) is 0 Å². The highest BCUT2D eigenvalue weighted by Gasteiger charge is 2.05. The van der Waals surface area contributed by atoms with Crippen LogP contribution in [0.3, 0.4) is 0 Å². The predicted molar refractivity (Wildman–Crippen MR) is 93.9 cm³/mol. The van der Waals surface area contributed by atoms with Gasteiger partial charge in [-0.1, -0.05) is 17.3 Å². The molecule has 0 saturated carbocycles. The third-order valence-electron chi connectivity index (χ3n) is 2.95. The summed E-state index contributed by atoms with van der Waals surface area (Å²) in [5, 5.41) is 4.12. The summed E-state index contributed by atoms with van der Waals surface area (Å²) in [5.74, 6) is -0.264. The highest BCUT2D eigenvalue weighted by Crippen LogP contribution is 2.10. The van der Waals surface area contributed by atoms with E-state index in [1.165, 1.54) is 12.1 Å². The van der Waals surface area contributed by atoms with E-state index in [4.69, 9.17) is 10.6 Å². The molecule has 0 aliphatic carbocycles. The molecule has 0 saturated heterocycles. The molecule has 0 aliphatic rings. The molecular formula is C15H21Cl2FN4O. The number of hydrogen-bond donors (Lipinski definition) is 1. The van der Waals surface area contributed by atoms with Gasteiger partial charge in [0.05, 0.1) is 12.0 Å². The number of aryl methyl sites for hydroxylation is 1. The number of oxime groups is 1. The van der Waals surface area contributed by atoms with E-state index in [1.807, 2.05) is 10.8 Å². The number of nitrogens with two attached hydrogens (primary N) is 1. The topological polar surface area (TPSA) is 65.4 Å². The Morgan fingerprint density at radius 1 is 1.26 bits per heavy atom. The van der Waals surface area contributed by atoms with Crippen molar-refractivity contribution in [3.05, 3.63) is 54.4 Å². The molecule has 0 unspecified atom stereocenters. The lowest BCUT2D eigenvalue weighted by Crippen LogP contribution is -2.09. The monoisotopic (exact) mass is 362 g/mol. The molecule has 0 radical (unpaired) electrons. The minimum atomic E-state index is -0.264. The SMILES string of the molecule is Cl.Cl.NCCO/N=C(\CCCn1ccnc1)c1ccc(F)cc1. The fraction of sp³-hybridized carbons (Fsp3) is 0.333. The fourth-order valence-electron chi connectivity index (χ4n) is 1.91. The van der Waals surface area contributed by atoms with Gasteiger partial charge < -0.3 is 15.1 Å². The lowest BCUT2D eigenvalue weighted by Gasteiger charge is -2.07. The molecule has 0 aliphatic heterocycles. The lowest BCUT2D eigenvalue weighted by molar-refractivity contribution is 0.151. The van der Waals surface area contributed by atoms with Gasteiger partial charge in [-0.05, 0) is 30.5 Å².